The highest BCUT2D eigenvalue weighted by Gasteiger charge is 2.35. The summed E-state index contributed by atoms with van der Waals surface area (Å²) in [5, 5.41) is 15.4. The lowest BCUT2D eigenvalue weighted by molar-refractivity contribution is 0.661. The van der Waals surface area contributed by atoms with Crippen molar-refractivity contribution in [2.75, 3.05) is 0 Å². The van der Waals surface area contributed by atoms with E-state index >= 15 is 0 Å². The molecule has 60 heavy (non-hydrogen) atoms. The first-order chi connectivity index (χ1) is 29.5. The number of hydrogen-bond acceptors (Lipinski definition) is 1. The van der Waals surface area contributed by atoms with Gasteiger partial charge in [0.2, 0.25) is 0 Å². The predicted octanol–water partition coefficient (Wildman–Crippen LogP) is 17.1. The first kappa shape index (κ1) is 33.9. The Kier molecular flexibility index (Phi) is 7.04. The fraction of sp³-hybridized carbons (Fsp3) is 0.0508. The van der Waals surface area contributed by atoms with Gasteiger partial charge in [0.15, 0.2) is 0 Å². The number of thiophene rings is 1. The van der Waals surface area contributed by atoms with Gasteiger partial charge in [-0.05, 0) is 158 Å². The monoisotopic (exact) mass is 778 g/mol. The standard InChI is InChI=1S/C59H38S/c1-59(2)53-18-10-9-13-45(53)50-33-52-51-31-41-23-22-40(30-44(41)32-55(51)60-56(52)34-54(50)59)37-20-21-39-29-43(26-24-38(39)27-37)58-48-16-7-5-14-46(48)57(47-15-6-8-17-49(47)58)42-25-19-35-11-3-4-12-36(35)28-42/h3-34H,1-2H3. The molecule has 0 bridgehead atoms. The molecule has 0 atom stereocenters. The summed E-state index contributed by atoms with van der Waals surface area (Å²) >= 11 is 1.93. The van der Waals surface area contributed by atoms with Crippen LogP contribution in [0.1, 0.15) is 25.0 Å². The molecule has 0 fully saturated rings. The summed E-state index contributed by atoms with van der Waals surface area (Å²) in [6, 6.07) is 73.1. The summed E-state index contributed by atoms with van der Waals surface area (Å²) in [4.78, 5) is 0. The van der Waals surface area contributed by atoms with E-state index in [9.17, 15) is 0 Å². The maximum atomic E-state index is 2.47. The van der Waals surface area contributed by atoms with Crippen LogP contribution in [0.4, 0.5) is 0 Å². The van der Waals surface area contributed by atoms with Crippen LogP contribution in [-0.4, -0.2) is 0 Å². The summed E-state index contributed by atoms with van der Waals surface area (Å²) in [6.45, 7) is 4.74. The summed E-state index contributed by atoms with van der Waals surface area (Å²) in [5.74, 6) is 0. The van der Waals surface area contributed by atoms with Crippen LogP contribution in [0.2, 0.25) is 0 Å². The van der Waals surface area contributed by atoms with Gasteiger partial charge in [0, 0.05) is 25.6 Å². The van der Waals surface area contributed by atoms with Crippen LogP contribution in [0.5, 0.6) is 0 Å². The van der Waals surface area contributed by atoms with Crippen molar-refractivity contribution in [3.05, 3.63) is 205 Å². The average molecular weight is 779 g/mol. The normalized spacial score (nSPS) is 13.3. The molecule has 0 saturated carbocycles. The number of benzene rings is 11. The molecule has 1 aliphatic carbocycles. The first-order valence-electron chi connectivity index (χ1n) is 21.0. The zero-order valence-corrected chi connectivity index (χ0v) is 34.2. The van der Waals surface area contributed by atoms with Crippen molar-refractivity contribution >= 4 is 85.4 Å². The minimum absolute atomic E-state index is 0.00456. The topological polar surface area (TPSA) is 0 Å². The van der Waals surface area contributed by atoms with E-state index in [2.05, 4.69) is 208 Å². The van der Waals surface area contributed by atoms with Crippen LogP contribution in [0.15, 0.2) is 194 Å². The van der Waals surface area contributed by atoms with E-state index in [1.807, 2.05) is 11.3 Å². The molecule has 0 amide bonds. The minimum atomic E-state index is 0.00456. The Hall–Kier alpha value is -7.06. The Bertz CT molecular complexity index is 3750. The maximum Gasteiger partial charge on any atom is 0.0361 e. The van der Waals surface area contributed by atoms with Gasteiger partial charge in [-0.15, -0.1) is 11.3 Å². The van der Waals surface area contributed by atoms with Gasteiger partial charge in [0.1, 0.15) is 0 Å². The highest BCUT2D eigenvalue weighted by molar-refractivity contribution is 7.25. The van der Waals surface area contributed by atoms with Crippen LogP contribution in [0, 0.1) is 0 Å². The van der Waals surface area contributed by atoms with Gasteiger partial charge in [-0.3, -0.25) is 0 Å². The van der Waals surface area contributed by atoms with Crippen LogP contribution in [-0.2, 0) is 5.41 Å². The molecule has 1 aromatic heterocycles. The maximum absolute atomic E-state index is 2.47. The Labute approximate surface area is 352 Å². The fourth-order valence-corrected chi connectivity index (χ4v) is 11.7. The average Bonchev–Trinajstić information content (AvgIpc) is 3.75. The van der Waals surface area contributed by atoms with Crippen molar-refractivity contribution in [3.8, 4) is 44.5 Å². The van der Waals surface area contributed by atoms with Gasteiger partial charge < -0.3 is 0 Å². The predicted molar refractivity (Wildman–Crippen MR) is 261 cm³/mol. The summed E-state index contributed by atoms with van der Waals surface area (Å²) in [7, 11) is 0. The molecular formula is C59H38S. The number of rotatable bonds is 3. The van der Waals surface area contributed by atoms with Crippen LogP contribution in [0.25, 0.3) is 119 Å². The molecule has 0 spiro atoms. The molecule has 0 nitrogen and oxygen atoms in total. The van der Waals surface area contributed by atoms with Gasteiger partial charge in [0.25, 0.3) is 0 Å². The second kappa shape index (κ2) is 12.5. The molecule has 13 rings (SSSR count). The highest BCUT2D eigenvalue weighted by Crippen LogP contribution is 2.52. The van der Waals surface area contributed by atoms with Gasteiger partial charge in [0.05, 0.1) is 0 Å². The van der Waals surface area contributed by atoms with Crippen molar-refractivity contribution in [2.45, 2.75) is 19.3 Å². The van der Waals surface area contributed by atoms with Gasteiger partial charge in [-0.25, -0.2) is 0 Å². The van der Waals surface area contributed by atoms with Crippen molar-refractivity contribution in [3.63, 3.8) is 0 Å². The van der Waals surface area contributed by atoms with Crippen molar-refractivity contribution in [1.29, 1.82) is 0 Å². The van der Waals surface area contributed by atoms with Gasteiger partial charge in [-0.2, -0.15) is 0 Å². The molecular weight excluding hydrogens is 741 g/mol. The molecule has 1 heterocycles. The molecule has 12 aromatic rings. The van der Waals surface area contributed by atoms with Crippen LogP contribution in [0.3, 0.4) is 0 Å². The quantitative estimate of drug-likeness (QED) is 0.157. The van der Waals surface area contributed by atoms with E-state index in [4.69, 9.17) is 0 Å². The zero-order chi connectivity index (χ0) is 39.7. The Morgan fingerprint density at radius 2 is 0.750 bits per heavy atom. The van der Waals surface area contributed by atoms with Crippen molar-refractivity contribution in [2.24, 2.45) is 0 Å². The molecule has 0 radical (unpaired) electrons. The summed E-state index contributed by atoms with van der Waals surface area (Å²) in [6.07, 6.45) is 0. The van der Waals surface area contributed by atoms with Crippen molar-refractivity contribution in [1.82, 2.24) is 0 Å². The lowest BCUT2D eigenvalue weighted by Gasteiger charge is -2.21. The third kappa shape index (κ3) is 4.90. The minimum Gasteiger partial charge on any atom is -0.135 e. The third-order valence-electron chi connectivity index (χ3n) is 13.6. The Morgan fingerprint density at radius 1 is 0.300 bits per heavy atom. The van der Waals surface area contributed by atoms with Crippen molar-refractivity contribution < 1.29 is 0 Å². The van der Waals surface area contributed by atoms with E-state index < -0.39 is 0 Å². The molecule has 1 aliphatic rings. The zero-order valence-electron chi connectivity index (χ0n) is 33.4. The fourth-order valence-electron chi connectivity index (χ4n) is 10.6. The Balaban J connectivity index is 0.897. The van der Waals surface area contributed by atoms with Crippen LogP contribution < -0.4 is 0 Å². The second-order valence-electron chi connectivity index (χ2n) is 17.3. The molecule has 11 aromatic carbocycles. The van der Waals surface area contributed by atoms with E-state index in [-0.39, 0.29) is 5.41 Å². The lowest BCUT2D eigenvalue weighted by Crippen LogP contribution is -2.14. The molecule has 1 heteroatoms. The van der Waals surface area contributed by atoms with E-state index in [0.717, 1.165) is 0 Å². The second-order valence-corrected chi connectivity index (χ2v) is 18.3. The van der Waals surface area contributed by atoms with Gasteiger partial charge >= 0.3 is 0 Å². The molecule has 0 unspecified atom stereocenters. The summed E-state index contributed by atoms with van der Waals surface area (Å²) < 4.78 is 2.72. The van der Waals surface area contributed by atoms with E-state index in [1.165, 1.54) is 130 Å². The third-order valence-corrected chi connectivity index (χ3v) is 14.7. The Morgan fingerprint density at radius 3 is 1.40 bits per heavy atom. The molecule has 0 aliphatic heterocycles. The molecule has 0 N–H and O–H groups in total. The number of hydrogen-bond donors (Lipinski definition) is 0. The smallest absolute Gasteiger partial charge is 0.0361 e. The van der Waals surface area contributed by atoms with E-state index in [0.29, 0.717) is 0 Å². The largest absolute Gasteiger partial charge is 0.135 e. The SMILES string of the molecule is CC1(C)c2ccccc2-c2cc3c(cc21)sc1cc2cc(-c4ccc5cc(-c6c7ccccc7c(-c7ccc8ccccc8c7)c7ccccc67)ccc5c4)ccc2cc13. The highest BCUT2D eigenvalue weighted by atomic mass is 32.1. The number of fused-ring (bicyclic) bond motifs is 11. The summed E-state index contributed by atoms with van der Waals surface area (Å²) in [5.41, 5.74) is 13.2. The molecule has 280 valence electrons. The lowest BCUT2D eigenvalue weighted by atomic mass is 9.82. The van der Waals surface area contributed by atoms with Crippen LogP contribution >= 0.6 is 11.3 Å². The molecule has 0 saturated heterocycles. The van der Waals surface area contributed by atoms with Gasteiger partial charge in [-0.1, -0.05) is 159 Å². The first-order valence-corrected chi connectivity index (χ1v) is 21.8. The van der Waals surface area contributed by atoms with E-state index in [1.54, 1.807) is 0 Å².